The van der Waals surface area contributed by atoms with Gasteiger partial charge in [-0.3, -0.25) is 4.79 Å². The highest BCUT2D eigenvalue weighted by molar-refractivity contribution is 5.78. The van der Waals surface area contributed by atoms with Gasteiger partial charge >= 0.3 is 0 Å². The summed E-state index contributed by atoms with van der Waals surface area (Å²) in [5.41, 5.74) is 3.46. The summed E-state index contributed by atoms with van der Waals surface area (Å²) in [5.74, 6) is 1.18. The molecule has 3 aromatic rings. The van der Waals surface area contributed by atoms with Crippen LogP contribution in [0.5, 0.6) is 0 Å². The van der Waals surface area contributed by atoms with Crippen molar-refractivity contribution < 1.29 is 9.32 Å². The van der Waals surface area contributed by atoms with Gasteiger partial charge in [-0.15, -0.1) is 0 Å². The number of nitrogens with zero attached hydrogens (tertiary/aromatic N) is 3. The molecule has 5 heteroatoms. The van der Waals surface area contributed by atoms with Gasteiger partial charge in [-0.2, -0.15) is 4.98 Å². The predicted octanol–water partition coefficient (Wildman–Crippen LogP) is 3.99. The molecule has 5 nitrogen and oxygen atoms in total. The molecule has 0 spiro atoms. The topological polar surface area (TPSA) is 59.2 Å². The summed E-state index contributed by atoms with van der Waals surface area (Å²) in [5, 5.41) is 4.00. The molecule has 1 aromatic heterocycles. The van der Waals surface area contributed by atoms with E-state index < -0.39 is 0 Å². The largest absolute Gasteiger partial charge is 0.339 e. The molecule has 0 bridgehead atoms. The second kappa shape index (κ2) is 7.99. The minimum absolute atomic E-state index is 0.123. The van der Waals surface area contributed by atoms with Crippen LogP contribution in [0, 0.1) is 0 Å². The van der Waals surface area contributed by atoms with Crippen molar-refractivity contribution >= 4 is 11.5 Å². The van der Waals surface area contributed by atoms with E-state index in [0.29, 0.717) is 31.1 Å². The molecule has 0 atom stereocenters. The first-order valence-corrected chi connectivity index (χ1v) is 9.20. The van der Waals surface area contributed by atoms with Crippen LogP contribution in [0.4, 0.5) is 0 Å². The summed E-state index contributed by atoms with van der Waals surface area (Å²) in [6.45, 7) is 1.40. The Balaban J connectivity index is 1.32. The van der Waals surface area contributed by atoms with Gasteiger partial charge in [0, 0.05) is 31.5 Å². The highest BCUT2D eigenvalue weighted by Crippen LogP contribution is 2.22. The van der Waals surface area contributed by atoms with Crippen LogP contribution in [0.2, 0.25) is 0 Å². The Morgan fingerprint density at radius 2 is 1.70 bits per heavy atom. The van der Waals surface area contributed by atoms with Crippen LogP contribution in [0.25, 0.3) is 17.0 Å². The van der Waals surface area contributed by atoms with E-state index in [-0.39, 0.29) is 5.91 Å². The number of hydrogen-bond acceptors (Lipinski definition) is 4. The first-order chi connectivity index (χ1) is 13.3. The lowest BCUT2D eigenvalue weighted by atomic mass is 9.99. The lowest BCUT2D eigenvalue weighted by Gasteiger charge is -2.26. The molecule has 0 unspecified atom stereocenters. The van der Waals surface area contributed by atoms with E-state index in [0.717, 1.165) is 18.5 Å². The van der Waals surface area contributed by atoms with Crippen molar-refractivity contribution in [3.8, 4) is 11.4 Å². The van der Waals surface area contributed by atoms with Crippen LogP contribution in [0.1, 0.15) is 24.3 Å². The van der Waals surface area contributed by atoms with E-state index in [9.17, 15) is 4.79 Å². The first kappa shape index (κ1) is 17.2. The Labute approximate surface area is 158 Å². The van der Waals surface area contributed by atoms with Gasteiger partial charge in [-0.05, 0) is 17.6 Å². The van der Waals surface area contributed by atoms with Crippen LogP contribution in [-0.2, 0) is 11.2 Å². The molecular formula is C22H21N3O2. The molecule has 0 N–H and O–H groups in total. The molecule has 1 aliphatic rings. The summed E-state index contributed by atoms with van der Waals surface area (Å²) >= 11 is 0. The third kappa shape index (κ3) is 4.14. The maximum Gasteiger partial charge on any atom is 0.227 e. The molecule has 0 aliphatic carbocycles. The Kier molecular flexibility index (Phi) is 5.10. The molecule has 2 aromatic carbocycles. The van der Waals surface area contributed by atoms with Crippen molar-refractivity contribution in [1.29, 1.82) is 0 Å². The Bertz CT molecular complexity index is 932. The summed E-state index contributed by atoms with van der Waals surface area (Å²) in [7, 11) is 0. The van der Waals surface area contributed by atoms with Crippen LogP contribution >= 0.6 is 0 Å². The first-order valence-electron chi connectivity index (χ1n) is 9.20. The van der Waals surface area contributed by atoms with Gasteiger partial charge < -0.3 is 9.42 Å². The van der Waals surface area contributed by atoms with Crippen LogP contribution in [0.3, 0.4) is 0 Å². The predicted molar refractivity (Wildman–Crippen MR) is 104 cm³/mol. The van der Waals surface area contributed by atoms with Crippen molar-refractivity contribution in [1.82, 2.24) is 15.0 Å². The third-order valence-electron chi connectivity index (χ3n) is 4.76. The molecule has 2 heterocycles. The average molecular weight is 359 g/mol. The zero-order valence-corrected chi connectivity index (χ0v) is 15.0. The lowest BCUT2D eigenvalue weighted by Crippen LogP contribution is -2.34. The standard InChI is InChI=1S/C22H21N3O2/c26-21(25-15-13-18(14-16-25)17-7-3-1-4-8-17)12-11-20-23-22(24-27-20)19-9-5-2-6-10-19/h1-10,13H,11-12,14-16H2. The molecule has 4 rings (SSSR count). The number of benzene rings is 2. The third-order valence-corrected chi connectivity index (χ3v) is 4.76. The zero-order valence-electron chi connectivity index (χ0n) is 15.0. The van der Waals surface area contributed by atoms with Gasteiger partial charge in [-0.1, -0.05) is 71.9 Å². The summed E-state index contributed by atoms with van der Waals surface area (Å²) in [4.78, 5) is 18.8. The van der Waals surface area contributed by atoms with E-state index in [1.807, 2.05) is 53.4 Å². The second-order valence-corrected chi connectivity index (χ2v) is 6.56. The molecule has 27 heavy (non-hydrogen) atoms. The van der Waals surface area contributed by atoms with E-state index in [2.05, 4.69) is 28.3 Å². The summed E-state index contributed by atoms with van der Waals surface area (Å²) in [6, 6.07) is 20.0. The Morgan fingerprint density at radius 1 is 1.00 bits per heavy atom. The number of rotatable bonds is 5. The minimum Gasteiger partial charge on any atom is -0.339 e. The van der Waals surface area contributed by atoms with Crippen molar-refractivity contribution in [3.63, 3.8) is 0 Å². The van der Waals surface area contributed by atoms with Gasteiger partial charge in [0.1, 0.15) is 0 Å². The molecule has 1 aliphatic heterocycles. The van der Waals surface area contributed by atoms with Gasteiger partial charge in [0.25, 0.3) is 0 Å². The summed E-state index contributed by atoms with van der Waals surface area (Å²) in [6.07, 6.45) is 3.88. The van der Waals surface area contributed by atoms with E-state index >= 15 is 0 Å². The van der Waals surface area contributed by atoms with Gasteiger partial charge in [0.15, 0.2) is 0 Å². The van der Waals surface area contributed by atoms with Gasteiger partial charge in [0.05, 0.1) is 0 Å². The number of carbonyl (C=O) groups excluding carboxylic acids is 1. The fraction of sp³-hybridized carbons (Fsp3) is 0.227. The molecular weight excluding hydrogens is 338 g/mol. The van der Waals surface area contributed by atoms with E-state index in [4.69, 9.17) is 4.52 Å². The highest BCUT2D eigenvalue weighted by Gasteiger charge is 2.19. The second-order valence-electron chi connectivity index (χ2n) is 6.56. The van der Waals surface area contributed by atoms with Crippen LogP contribution in [-0.4, -0.2) is 34.0 Å². The molecule has 136 valence electrons. The number of hydrogen-bond donors (Lipinski definition) is 0. The fourth-order valence-electron chi connectivity index (χ4n) is 3.24. The van der Waals surface area contributed by atoms with Crippen molar-refractivity contribution in [3.05, 3.63) is 78.2 Å². The number of aromatic nitrogens is 2. The minimum atomic E-state index is 0.123. The fourth-order valence-corrected chi connectivity index (χ4v) is 3.24. The molecule has 0 saturated carbocycles. The lowest BCUT2D eigenvalue weighted by molar-refractivity contribution is -0.130. The van der Waals surface area contributed by atoms with Crippen LogP contribution < -0.4 is 0 Å². The monoisotopic (exact) mass is 359 g/mol. The van der Waals surface area contributed by atoms with Gasteiger partial charge in [0.2, 0.25) is 17.6 Å². The van der Waals surface area contributed by atoms with Crippen molar-refractivity contribution in [2.75, 3.05) is 13.1 Å². The maximum absolute atomic E-state index is 12.5. The van der Waals surface area contributed by atoms with E-state index in [1.54, 1.807) is 0 Å². The summed E-state index contributed by atoms with van der Waals surface area (Å²) < 4.78 is 5.29. The molecule has 0 radical (unpaired) electrons. The van der Waals surface area contributed by atoms with Gasteiger partial charge in [-0.25, -0.2) is 0 Å². The molecule has 0 saturated heterocycles. The zero-order chi connectivity index (χ0) is 18.5. The average Bonchev–Trinajstić information content (AvgIpc) is 3.22. The number of aryl methyl sites for hydroxylation is 1. The van der Waals surface area contributed by atoms with E-state index in [1.165, 1.54) is 11.1 Å². The SMILES string of the molecule is O=C(CCc1nc(-c2ccccc2)no1)N1CC=C(c2ccccc2)CC1. The maximum atomic E-state index is 12.5. The van der Waals surface area contributed by atoms with Crippen molar-refractivity contribution in [2.45, 2.75) is 19.3 Å². The highest BCUT2D eigenvalue weighted by atomic mass is 16.5. The number of amides is 1. The normalized spacial score (nSPS) is 14.1. The van der Waals surface area contributed by atoms with Crippen LogP contribution in [0.15, 0.2) is 71.3 Å². The Morgan fingerprint density at radius 3 is 2.37 bits per heavy atom. The molecule has 0 fully saturated rings. The smallest absolute Gasteiger partial charge is 0.227 e. The van der Waals surface area contributed by atoms with Crippen molar-refractivity contribution in [2.24, 2.45) is 0 Å². The number of carbonyl (C=O) groups is 1. The quantitative estimate of drug-likeness (QED) is 0.691. The molecule has 1 amide bonds. The Hall–Kier alpha value is -3.21.